The quantitative estimate of drug-likeness (QED) is 0.857. The van der Waals surface area contributed by atoms with Crippen molar-refractivity contribution in [2.75, 3.05) is 40.3 Å². The first-order chi connectivity index (χ1) is 11.8. The smallest absolute Gasteiger partial charge is 0.317 e. The Kier molecular flexibility index (Phi) is 5.77. The number of ether oxygens (including phenoxy) is 4. The topological polar surface area (TPSA) is 69.3 Å². The van der Waals surface area contributed by atoms with Crippen LogP contribution in [0.3, 0.4) is 0 Å². The molecule has 0 unspecified atom stereocenters. The second-order valence-corrected chi connectivity index (χ2v) is 5.94. The second-order valence-electron chi connectivity index (χ2n) is 5.94. The van der Waals surface area contributed by atoms with Crippen molar-refractivity contribution in [1.29, 1.82) is 0 Å². The van der Waals surface area contributed by atoms with Gasteiger partial charge in [-0.3, -0.25) is 0 Å². The molecule has 2 heterocycles. The molecule has 0 atom stereocenters. The van der Waals surface area contributed by atoms with E-state index < -0.39 is 0 Å². The molecule has 1 N–H and O–H groups in total. The Bertz CT molecular complexity index is 560. The standard InChI is InChI=1S/C17H24N2O5/c1-21-9-6-19(17(20)18-14-4-7-22-8-5-14)11-13-2-3-15-16(10-13)24-12-23-15/h2-3,10,14H,4-9,11-12H2,1H3,(H,18,20). The number of carbonyl (C=O) groups is 1. The van der Waals surface area contributed by atoms with Crippen LogP contribution in [0.5, 0.6) is 11.5 Å². The number of amides is 2. The lowest BCUT2D eigenvalue weighted by molar-refractivity contribution is 0.0769. The highest BCUT2D eigenvalue weighted by molar-refractivity contribution is 5.74. The third-order valence-electron chi connectivity index (χ3n) is 4.21. The fraction of sp³-hybridized carbons (Fsp3) is 0.588. The maximum Gasteiger partial charge on any atom is 0.317 e. The van der Waals surface area contributed by atoms with E-state index >= 15 is 0 Å². The van der Waals surface area contributed by atoms with Crippen LogP contribution < -0.4 is 14.8 Å². The van der Waals surface area contributed by atoms with E-state index in [4.69, 9.17) is 18.9 Å². The molecule has 0 spiro atoms. The average molecular weight is 336 g/mol. The van der Waals surface area contributed by atoms with Gasteiger partial charge < -0.3 is 29.2 Å². The first kappa shape index (κ1) is 16.9. The van der Waals surface area contributed by atoms with E-state index in [0.717, 1.165) is 29.9 Å². The predicted octanol–water partition coefficient (Wildman–Crippen LogP) is 1.75. The molecule has 1 saturated heterocycles. The van der Waals surface area contributed by atoms with Crippen LogP contribution in [-0.2, 0) is 16.0 Å². The molecule has 0 radical (unpaired) electrons. The summed E-state index contributed by atoms with van der Waals surface area (Å²) in [6, 6.07) is 5.85. The molecular weight excluding hydrogens is 312 g/mol. The number of fused-ring (bicyclic) bond motifs is 1. The SMILES string of the molecule is COCCN(Cc1ccc2c(c1)OCO2)C(=O)NC1CCOCC1. The van der Waals surface area contributed by atoms with Gasteiger partial charge in [-0.2, -0.15) is 0 Å². The minimum atomic E-state index is -0.0726. The molecule has 0 aliphatic carbocycles. The minimum absolute atomic E-state index is 0.0726. The molecule has 7 heteroatoms. The number of benzene rings is 1. The van der Waals surface area contributed by atoms with Crippen LogP contribution in [0.15, 0.2) is 18.2 Å². The van der Waals surface area contributed by atoms with Gasteiger partial charge in [0.05, 0.1) is 6.61 Å². The molecule has 0 aromatic heterocycles. The van der Waals surface area contributed by atoms with Gasteiger partial charge in [-0.1, -0.05) is 6.07 Å². The van der Waals surface area contributed by atoms with E-state index in [1.165, 1.54) is 0 Å². The number of nitrogens with one attached hydrogen (secondary N) is 1. The third kappa shape index (κ3) is 4.30. The Hall–Kier alpha value is -1.99. The maximum absolute atomic E-state index is 12.6. The lowest BCUT2D eigenvalue weighted by Gasteiger charge is -2.28. The van der Waals surface area contributed by atoms with Crippen molar-refractivity contribution in [3.8, 4) is 11.5 Å². The fourth-order valence-electron chi connectivity index (χ4n) is 2.82. The Balaban J connectivity index is 1.62. The number of hydrogen-bond donors (Lipinski definition) is 1. The Morgan fingerprint density at radius 2 is 2.08 bits per heavy atom. The van der Waals surface area contributed by atoms with Gasteiger partial charge in [0.15, 0.2) is 11.5 Å². The Labute approximate surface area is 141 Å². The minimum Gasteiger partial charge on any atom is -0.454 e. The molecule has 24 heavy (non-hydrogen) atoms. The molecule has 0 saturated carbocycles. The lowest BCUT2D eigenvalue weighted by Crippen LogP contribution is -2.47. The molecule has 2 aliphatic heterocycles. The van der Waals surface area contributed by atoms with Crippen molar-refractivity contribution in [3.63, 3.8) is 0 Å². The van der Waals surface area contributed by atoms with Crippen molar-refractivity contribution in [3.05, 3.63) is 23.8 Å². The zero-order valence-corrected chi connectivity index (χ0v) is 14.0. The molecule has 3 rings (SSSR count). The highest BCUT2D eigenvalue weighted by Crippen LogP contribution is 2.32. The fourth-order valence-corrected chi connectivity index (χ4v) is 2.82. The predicted molar refractivity (Wildman–Crippen MR) is 87.2 cm³/mol. The number of rotatable bonds is 6. The van der Waals surface area contributed by atoms with E-state index in [0.29, 0.717) is 32.9 Å². The molecule has 1 aromatic carbocycles. The molecule has 2 aliphatic rings. The summed E-state index contributed by atoms with van der Waals surface area (Å²) < 4.78 is 21.2. The van der Waals surface area contributed by atoms with Crippen molar-refractivity contribution in [2.24, 2.45) is 0 Å². The summed E-state index contributed by atoms with van der Waals surface area (Å²) in [5.74, 6) is 1.47. The normalized spacial score (nSPS) is 16.9. The first-order valence-electron chi connectivity index (χ1n) is 8.27. The highest BCUT2D eigenvalue weighted by atomic mass is 16.7. The van der Waals surface area contributed by atoms with Crippen LogP contribution in [0.1, 0.15) is 18.4 Å². The van der Waals surface area contributed by atoms with Gasteiger partial charge in [0.25, 0.3) is 0 Å². The van der Waals surface area contributed by atoms with E-state index in [1.807, 2.05) is 18.2 Å². The second kappa shape index (κ2) is 8.21. The van der Waals surface area contributed by atoms with Crippen LogP contribution >= 0.6 is 0 Å². The van der Waals surface area contributed by atoms with Crippen molar-refractivity contribution in [1.82, 2.24) is 10.2 Å². The van der Waals surface area contributed by atoms with E-state index in [2.05, 4.69) is 5.32 Å². The number of nitrogens with zero attached hydrogens (tertiary/aromatic N) is 1. The highest BCUT2D eigenvalue weighted by Gasteiger charge is 2.21. The monoisotopic (exact) mass is 336 g/mol. The van der Waals surface area contributed by atoms with Crippen LogP contribution in [0.4, 0.5) is 4.79 Å². The summed E-state index contributed by atoms with van der Waals surface area (Å²) in [6.45, 7) is 3.16. The molecule has 0 bridgehead atoms. The molecular formula is C17H24N2O5. The van der Waals surface area contributed by atoms with E-state index in [9.17, 15) is 4.79 Å². The maximum atomic E-state index is 12.6. The van der Waals surface area contributed by atoms with Gasteiger partial charge in [0.2, 0.25) is 6.79 Å². The van der Waals surface area contributed by atoms with Gasteiger partial charge in [-0.15, -0.1) is 0 Å². The molecule has 1 aromatic rings. The molecule has 2 amide bonds. The van der Waals surface area contributed by atoms with Gasteiger partial charge >= 0.3 is 6.03 Å². The van der Waals surface area contributed by atoms with Crippen LogP contribution in [0.25, 0.3) is 0 Å². The van der Waals surface area contributed by atoms with Crippen LogP contribution in [-0.4, -0.2) is 57.2 Å². The molecule has 1 fully saturated rings. The van der Waals surface area contributed by atoms with Gasteiger partial charge in [-0.05, 0) is 30.5 Å². The summed E-state index contributed by atoms with van der Waals surface area (Å²) >= 11 is 0. The summed E-state index contributed by atoms with van der Waals surface area (Å²) in [5.41, 5.74) is 0.998. The zero-order valence-electron chi connectivity index (χ0n) is 14.0. The summed E-state index contributed by atoms with van der Waals surface area (Å²) in [4.78, 5) is 14.4. The Morgan fingerprint density at radius 1 is 1.29 bits per heavy atom. The van der Waals surface area contributed by atoms with Crippen molar-refractivity contribution < 1.29 is 23.7 Å². The van der Waals surface area contributed by atoms with Gasteiger partial charge in [-0.25, -0.2) is 4.79 Å². The third-order valence-corrected chi connectivity index (χ3v) is 4.21. The van der Waals surface area contributed by atoms with Gasteiger partial charge in [0, 0.05) is 39.5 Å². The lowest BCUT2D eigenvalue weighted by atomic mass is 10.1. The number of carbonyl (C=O) groups excluding carboxylic acids is 1. The molecule has 7 nitrogen and oxygen atoms in total. The van der Waals surface area contributed by atoms with Crippen LogP contribution in [0, 0.1) is 0 Å². The number of urea groups is 1. The van der Waals surface area contributed by atoms with E-state index in [1.54, 1.807) is 12.0 Å². The number of methoxy groups -OCH3 is 1. The van der Waals surface area contributed by atoms with E-state index in [-0.39, 0.29) is 18.9 Å². The Morgan fingerprint density at radius 3 is 2.88 bits per heavy atom. The largest absolute Gasteiger partial charge is 0.454 e. The summed E-state index contributed by atoms with van der Waals surface area (Å²) in [5, 5.41) is 3.10. The van der Waals surface area contributed by atoms with Gasteiger partial charge in [0.1, 0.15) is 0 Å². The van der Waals surface area contributed by atoms with Crippen molar-refractivity contribution >= 4 is 6.03 Å². The van der Waals surface area contributed by atoms with Crippen molar-refractivity contribution in [2.45, 2.75) is 25.4 Å². The zero-order chi connectivity index (χ0) is 16.8. The average Bonchev–Trinajstić information content (AvgIpc) is 3.07. The van der Waals surface area contributed by atoms with Crippen LogP contribution in [0.2, 0.25) is 0 Å². The molecule has 132 valence electrons. The summed E-state index contributed by atoms with van der Waals surface area (Å²) in [7, 11) is 1.63. The number of hydrogen-bond acceptors (Lipinski definition) is 5. The summed E-state index contributed by atoms with van der Waals surface area (Å²) in [6.07, 6.45) is 1.71. The first-order valence-corrected chi connectivity index (χ1v) is 8.27.